The van der Waals surface area contributed by atoms with Gasteiger partial charge in [-0.2, -0.15) is 4.31 Å². The number of benzene rings is 1. The van der Waals surface area contributed by atoms with Crippen molar-refractivity contribution >= 4 is 86.6 Å². The number of rotatable bonds is 14. The number of unbranched alkanes of at least 4 members (excludes halogenated alkanes) is 1. The Morgan fingerprint density at radius 3 is 2.10 bits per heavy atom. The lowest BCUT2D eigenvalue weighted by atomic mass is 9.88. The number of piperidine rings is 2. The Balaban J connectivity index is 1.05. The van der Waals surface area contributed by atoms with Crippen molar-refractivity contribution < 1.29 is 26.7 Å². The van der Waals surface area contributed by atoms with E-state index in [1.165, 1.54) is 12.3 Å². The zero-order valence-corrected chi connectivity index (χ0v) is 32.6. The molecule has 0 amide bonds. The van der Waals surface area contributed by atoms with Crippen molar-refractivity contribution in [3.8, 4) is 0 Å². The van der Waals surface area contributed by atoms with E-state index in [4.69, 9.17) is 11.6 Å². The van der Waals surface area contributed by atoms with Gasteiger partial charge >= 0.3 is 5.97 Å². The standard InChI is InChI=1S/C32H39Br2ClN4O6S3/c33-26-19-30(46-31(26)35)48(44,45)39-16-12-23(13-17-39)7-5-4-6-22-10-14-38(15-11-22)32-27(34)18-25(21-36-32)47(42,43)37-28(20-29(40)41)24-8-2-1-3-9-24/h1-3,8-9,18-19,21-23,28,37H,4-7,10-17,20H2,(H,40,41). The summed E-state index contributed by atoms with van der Waals surface area (Å²) in [6.45, 7) is 2.75. The second-order valence-electron chi connectivity index (χ2n) is 12.4. The summed E-state index contributed by atoms with van der Waals surface area (Å²) in [4.78, 5) is 18.1. The first-order valence-electron chi connectivity index (χ1n) is 16.0. The molecule has 4 heterocycles. The van der Waals surface area contributed by atoms with Crippen LogP contribution in [0, 0.1) is 11.8 Å². The van der Waals surface area contributed by atoms with Gasteiger partial charge in [-0.1, -0.05) is 67.6 Å². The number of nitrogens with zero attached hydrogens (tertiary/aromatic N) is 3. The number of hydrogen-bond acceptors (Lipinski definition) is 8. The molecule has 2 N–H and O–H groups in total. The summed E-state index contributed by atoms with van der Waals surface area (Å²) >= 11 is 14.0. The Kier molecular flexibility index (Phi) is 13.0. The van der Waals surface area contributed by atoms with Gasteiger partial charge in [0.05, 0.1) is 16.9 Å². The molecule has 1 atom stereocenters. The Bertz CT molecular complexity index is 1760. The summed E-state index contributed by atoms with van der Waals surface area (Å²) in [5.74, 6) is 0.757. The number of nitrogens with one attached hydrogen (secondary N) is 1. The number of carboxylic acid groups (broad SMARTS) is 1. The molecule has 5 rings (SSSR count). The molecule has 0 spiro atoms. The molecule has 262 valence electrons. The van der Waals surface area contributed by atoms with Gasteiger partial charge in [-0.05, 0) is 87.1 Å². The van der Waals surface area contributed by atoms with E-state index in [0.717, 1.165) is 75.8 Å². The van der Waals surface area contributed by atoms with Gasteiger partial charge in [-0.3, -0.25) is 4.79 Å². The van der Waals surface area contributed by atoms with Gasteiger partial charge in [0.15, 0.2) is 0 Å². The molecule has 1 unspecified atom stereocenters. The van der Waals surface area contributed by atoms with Crippen LogP contribution in [0.2, 0.25) is 4.34 Å². The molecule has 0 aliphatic carbocycles. The first-order chi connectivity index (χ1) is 22.8. The Hall–Kier alpha value is -1.59. The summed E-state index contributed by atoms with van der Waals surface area (Å²) < 4.78 is 58.5. The quantitative estimate of drug-likeness (QED) is 0.158. The van der Waals surface area contributed by atoms with Gasteiger partial charge < -0.3 is 10.0 Å². The fraction of sp³-hybridized carbons (Fsp3) is 0.500. The van der Waals surface area contributed by atoms with E-state index in [2.05, 4.69) is 46.5 Å². The molecule has 16 heteroatoms. The van der Waals surface area contributed by atoms with Crippen LogP contribution in [0.25, 0.3) is 0 Å². The molecule has 10 nitrogen and oxygen atoms in total. The highest BCUT2D eigenvalue weighted by molar-refractivity contribution is 9.11. The Morgan fingerprint density at radius 1 is 0.958 bits per heavy atom. The third-order valence-electron chi connectivity index (χ3n) is 9.16. The maximum absolute atomic E-state index is 13.2. The van der Waals surface area contributed by atoms with E-state index < -0.39 is 32.1 Å². The van der Waals surface area contributed by atoms with Crippen LogP contribution in [0.5, 0.6) is 0 Å². The molecule has 0 radical (unpaired) electrons. The van der Waals surface area contributed by atoms with Gasteiger partial charge in [0.25, 0.3) is 10.0 Å². The van der Waals surface area contributed by atoms with Crippen LogP contribution in [-0.2, 0) is 24.8 Å². The molecule has 48 heavy (non-hydrogen) atoms. The summed E-state index contributed by atoms with van der Waals surface area (Å²) in [6, 6.07) is 10.9. The third-order valence-corrected chi connectivity index (χ3v) is 16.0. The van der Waals surface area contributed by atoms with Crippen molar-refractivity contribution in [1.82, 2.24) is 14.0 Å². The minimum absolute atomic E-state index is 0.0349. The second-order valence-corrected chi connectivity index (χ2v) is 19.6. The minimum atomic E-state index is -4.03. The first kappa shape index (κ1) is 37.7. The fourth-order valence-corrected chi connectivity index (χ4v) is 12.3. The van der Waals surface area contributed by atoms with Crippen molar-refractivity contribution in [3.05, 3.63) is 67.5 Å². The highest BCUT2D eigenvalue weighted by Crippen LogP contribution is 2.37. The predicted octanol–water partition coefficient (Wildman–Crippen LogP) is 7.69. The van der Waals surface area contributed by atoms with Crippen molar-refractivity contribution in [2.45, 2.75) is 72.9 Å². The van der Waals surface area contributed by atoms with Crippen LogP contribution in [0.4, 0.5) is 5.82 Å². The van der Waals surface area contributed by atoms with Crippen LogP contribution >= 0.6 is 54.8 Å². The van der Waals surface area contributed by atoms with E-state index in [1.807, 2.05) is 0 Å². The highest BCUT2D eigenvalue weighted by atomic mass is 79.9. The van der Waals surface area contributed by atoms with Crippen molar-refractivity contribution in [2.24, 2.45) is 11.8 Å². The van der Waals surface area contributed by atoms with Gasteiger partial charge in [0.1, 0.15) is 19.3 Å². The van der Waals surface area contributed by atoms with E-state index >= 15 is 0 Å². The van der Waals surface area contributed by atoms with Crippen LogP contribution < -0.4 is 9.62 Å². The van der Waals surface area contributed by atoms with Gasteiger partial charge in [-0.15, -0.1) is 11.3 Å². The van der Waals surface area contributed by atoms with Crippen LogP contribution in [0.15, 0.2) is 66.7 Å². The maximum Gasteiger partial charge on any atom is 0.305 e. The molecule has 2 saturated heterocycles. The molecular formula is C32H39Br2ClN4O6S3. The average Bonchev–Trinajstić information content (AvgIpc) is 3.41. The van der Waals surface area contributed by atoms with Gasteiger partial charge in [0, 0.05) is 36.8 Å². The third kappa shape index (κ3) is 9.59. The largest absolute Gasteiger partial charge is 0.481 e. The number of sulfonamides is 2. The molecule has 0 saturated carbocycles. The number of thiophene rings is 1. The summed E-state index contributed by atoms with van der Waals surface area (Å²) in [5, 5.41) is 9.36. The van der Waals surface area contributed by atoms with Gasteiger partial charge in [-0.25, -0.2) is 26.5 Å². The zero-order chi connectivity index (χ0) is 34.5. The van der Waals surface area contributed by atoms with E-state index in [0.29, 0.717) is 49.6 Å². The lowest BCUT2D eigenvalue weighted by molar-refractivity contribution is -0.137. The Morgan fingerprint density at radius 2 is 1.56 bits per heavy atom. The second kappa shape index (κ2) is 16.6. The smallest absolute Gasteiger partial charge is 0.305 e. The van der Waals surface area contributed by atoms with Crippen molar-refractivity contribution in [3.63, 3.8) is 0 Å². The van der Waals surface area contributed by atoms with Gasteiger partial charge in [0.2, 0.25) is 10.0 Å². The number of pyridine rings is 1. The molecular weight excluding hydrogens is 828 g/mol. The topological polar surface area (TPSA) is 137 Å². The summed E-state index contributed by atoms with van der Waals surface area (Å²) in [6.07, 6.45) is 9.33. The van der Waals surface area contributed by atoms with Crippen LogP contribution in [0.1, 0.15) is 69.4 Å². The number of aromatic nitrogens is 1. The number of anilines is 1. The van der Waals surface area contributed by atoms with Crippen molar-refractivity contribution in [2.75, 3.05) is 31.1 Å². The van der Waals surface area contributed by atoms with Crippen molar-refractivity contribution in [1.29, 1.82) is 0 Å². The normalized spacial score (nSPS) is 17.9. The number of aliphatic carboxylic acids is 1. The molecule has 2 aromatic heterocycles. The maximum atomic E-state index is 13.2. The van der Waals surface area contributed by atoms with E-state index in [9.17, 15) is 26.7 Å². The molecule has 2 fully saturated rings. The highest BCUT2D eigenvalue weighted by Gasteiger charge is 2.31. The molecule has 3 aromatic rings. The molecule has 0 bridgehead atoms. The minimum Gasteiger partial charge on any atom is -0.481 e. The first-order valence-corrected chi connectivity index (χ1v) is 21.7. The Labute approximate surface area is 308 Å². The molecule has 1 aromatic carbocycles. The number of carboxylic acids is 1. The average molecular weight is 867 g/mol. The number of carbonyl (C=O) groups is 1. The summed E-state index contributed by atoms with van der Waals surface area (Å²) in [7, 11) is -7.54. The van der Waals surface area contributed by atoms with Crippen LogP contribution in [0.3, 0.4) is 0 Å². The lowest BCUT2D eigenvalue weighted by Gasteiger charge is -2.33. The number of halogens is 3. The lowest BCUT2D eigenvalue weighted by Crippen LogP contribution is -2.38. The van der Waals surface area contributed by atoms with E-state index in [1.54, 1.807) is 40.7 Å². The SMILES string of the molecule is O=C(O)CC(NS(=O)(=O)c1cnc(N2CCC(CCCCC3CCN(S(=O)(=O)c4cc(Br)c(Cl)s4)CC3)CC2)c(Br)c1)c1ccccc1. The summed E-state index contributed by atoms with van der Waals surface area (Å²) in [5.41, 5.74) is 0.568. The van der Waals surface area contributed by atoms with E-state index in [-0.39, 0.29) is 15.5 Å². The molecule has 2 aliphatic heterocycles. The fourth-order valence-electron chi connectivity index (χ4n) is 6.45. The monoisotopic (exact) mass is 864 g/mol. The molecule has 2 aliphatic rings. The number of hydrogen-bond donors (Lipinski definition) is 2. The zero-order valence-electron chi connectivity index (χ0n) is 26.2. The van der Waals surface area contributed by atoms with Crippen LogP contribution in [-0.4, -0.2) is 63.4 Å². The predicted molar refractivity (Wildman–Crippen MR) is 196 cm³/mol.